The van der Waals surface area contributed by atoms with E-state index in [1.807, 2.05) is 0 Å². The van der Waals surface area contributed by atoms with Gasteiger partial charge in [-0.25, -0.2) is 4.79 Å². The van der Waals surface area contributed by atoms with Crippen molar-refractivity contribution in [3.8, 4) is 0 Å². The maximum atomic E-state index is 10.1. The smallest absolute Gasteiger partial charge is 0.335 e. The molecule has 0 aromatic carbocycles. The Labute approximate surface area is 53.3 Å². The highest BCUT2D eigenvalue weighted by Crippen LogP contribution is 2.06. The average Bonchev–Trinajstić information content (AvgIpc) is 1.65. The molecule has 4 nitrogen and oxygen atoms in total. The average molecular weight is 133 g/mol. The molecule has 0 aliphatic rings. The zero-order chi connectivity index (χ0) is 7.49. The summed E-state index contributed by atoms with van der Waals surface area (Å²) >= 11 is 0. The lowest BCUT2D eigenvalue weighted by Gasteiger charge is -2.15. The van der Waals surface area contributed by atoms with Crippen molar-refractivity contribution in [3.63, 3.8) is 0 Å². The van der Waals surface area contributed by atoms with Crippen LogP contribution in [0.15, 0.2) is 0 Å². The Morgan fingerprint density at radius 1 is 1.78 bits per heavy atom. The van der Waals surface area contributed by atoms with Gasteiger partial charge >= 0.3 is 5.97 Å². The van der Waals surface area contributed by atoms with Gasteiger partial charge in [0.2, 0.25) is 0 Å². The summed E-state index contributed by atoms with van der Waals surface area (Å²) in [7, 11) is 0. The van der Waals surface area contributed by atoms with E-state index in [0.717, 1.165) is 0 Å². The van der Waals surface area contributed by atoms with E-state index in [4.69, 9.17) is 15.9 Å². The molecule has 1 atom stereocenters. The van der Waals surface area contributed by atoms with E-state index in [1.165, 1.54) is 6.92 Å². The summed E-state index contributed by atoms with van der Waals surface area (Å²) in [4.78, 5) is 10.1. The van der Waals surface area contributed by atoms with Crippen LogP contribution in [0.2, 0.25) is 0 Å². The molecule has 0 aliphatic carbocycles. The van der Waals surface area contributed by atoms with Crippen molar-refractivity contribution in [2.24, 2.45) is 5.73 Å². The lowest BCUT2D eigenvalue weighted by molar-refractivity contribution is -0.156. The molecule has 4 N–H and O–H groups in total. The van der Waals surface area contributed by atoms with Crippen LogP contribution in [0.4, 0.5) is 0 Å². The first-order valence-corrected chi connectivity index (χ1v) is 2.66. The first kappa shape index (κ1) is 8.39. The molecule has 0 saturated carbocycles. The highest BCUT2D eigenvalue weighted by molar-refractivity contribution is 5.76. The van der Waals surface area contributed by atoms with Crippen LogP contribution in [-0.2, 0) is 4.79 Å². The second-order valence-electron chi connectivity index (χ2n) is 2.12. The Kier molecular flexibility index (Phi) is 2.61. The van der Waals surface area contributed by atoms with E-state index in [0.29, 0.717) is 0 Å². The normalized spacial score (nSPS) is 16.8. The molecule has 9 heavy (non-hydrogen) atoms. The van der Waals surface area contributed by atoms with Crippen LogP contribution in [0.1, 0.15) is 13.3 Å². The van der Waals surface area contributed by atoms with Crippen molar-refractivity contribution in [3.05, 3.63) is 0 Å². The number of hydrogen-bond donors (Lipinski definition) is 3. The number of aliphatic hydroxyl groups is 1. The van der Waals surface area contributed by atoms with Crippen molar-refractivity contribution >= 4 is 5.97 Å². The SMILES string of the molecule is CC(O)(CCN)C(=O)O. The molecule has 0 radical (unpaired) electrons. The Hall–Kier alpha value is -0.610. The molecule has 0 rings (SSSR count). The highest BCUT2D eigenvalue weighted by atomic mass is 16.4. The predicted molar refractivity (Wildman–Crippen MR) is 31.9 cm³/mol. The zero-order valence-electron chi connectivity index (χ0n) is 5.29. The van der Waals surface area contributed by atoms with Crippen LogP contribution in [0, 0.1) is 0 Å². The first-order valence-electron chi connectivity index (χ1n) is 2.66. The second kappa shape index (κ2) is 2.80. The molecule has 0 saturated heterocycles. The maximum absolute atomic E-state index is 10.1. The van der Waals surface area contributed by atoms with Crippen molar-refractivity contribution in [2.75, 3.05) is 6.54 Å². The lowest BCUT2D eigenvalue weighted by atomic mass is 10.0. The monoisotopic (exact) mass is 133 g/mol. The minimum absolute atomic E-state index is 0.0856. The van der Waals surface area contributed by atoms with Crippen molar-refractivity contribution in [1.82, 2.24) is 0 Å². The van der Waals surface area contributed by atoms with Crippen molar-refractivity contribution < 1.29 is 15.0 Å². The van der Waals surface area contributed by atoms with E-state index < -0.39 is 11.6 Å². The standard InChI is InChI=1S/C5H11NO3/c1-5(9,2-3-6)4(7)8/h9H,2-3,6H2,1H3,(H,7,8). The Morgan fingerprint density at radius 2 is 2.22 bits per heavy atom. The number of nitrogens with two attached hydrogens (primary N) is 1. The Morgan fingerprint density at radius 3 is 2.33 bits per heavy atom. The third-order valence-corrected chi connectivity index (χ3v) is 1.09. The van der Waals surface area contributed by atoms with Crippen LogP contribution in [-0.4, -0.2) is 28.3 Å². The number of aliphatic carboxylic acids is 1. The van der Waals surface area contributed by atoms with Gasteiger partial charge in [0.05, 0.1) is 0 Å². The molecule has 54 valence electrons. The van der Waals surface area contributed by atoms with Crippen LogP contribution in [0.5, 0.6) is 0 Å². The van der Waals surface area contributed by atoms with Gasteiger partial charge in [-0.3, -0.25) is 0 Å². The number of hydrogen-bond acceptors (Lipinski definition) is 3. The number of carboxylic acids is 1. The third kappa shape index (κ3) is 2.43. The van der Waals surface area contributed by atoms with Crippen molar-refractivity contribution in [2.45, 2.75) is 18.9 Å². The summed E-state index contributed by atoms with van der Waals surface area (Å²) in [5, 5.41) is 17.2. The minimum atomic E-state index is -1.66. The molecule has 0 heterocycles. The van der Waals surface area contributed by atoms with Crippen molar-refractivity contribution in [1.29, 1.82) is 0 Å². The molecule has 0 aromatic heterocycles. The molecule has 0 amide bonds. The Balaban J connectivity index is 3.85. The summed E-state index contributed by atoms with van der Waals surface area (Å²) in [5.41, 5.74) is 3.37. The maximum Gasteiger partial charge on any atom is 0.335 e. The molecule has 0 spiro atoms. The number of carboxylic acid groups (broad SMARTS) is 1. The molecular weight excluding hydrogens is 122 g/mol. The molecule has 0 fully saturated rings. The summed E-state index contributed by atoms with van der Waals surface area (Å²) < 4.78 is 0. The van der Waals surface area contributed by atoms with E-state index in [9.17, 15) is 4.79 Å². The molecule has 0 aromatic rings. The highest BCUT2D eigenvalue weighted by Gasteiger charge is 2.28. The van der Waals surface area contributed by atoms with E-state index in [2.05, 4.69) is 0 Å². The molecule has 4 heteroatoms. The number of carbonyl (C=O) groups is 1. The van der Waals surface area contributed by atoms with E-state index >= 15 is 0 Å². The predicted octanol–water partition coefficient (Wildman–Crippen LogP) is -0.829. The quantitative estimate of drug-likeness (QED) is 0.469. The zero-order valence-corrected chi connectivity index (χ0v) is 5.29. The Bertz CT molecular complexity index is 111. The van der Waals surface area contributed by atoms with Gasteiger partial charge in [0, 0.05) is 0 Å². The summed E-state index contributed by atoms with van der Waals surface area (Å²) in [6.07, 6.45) is 0.0856. The molecule has 0 aliphatic heterocycles. The molecule has 0 bridgehead atoms. The topological polar surface area (TPSA) is 83.5 Å². The van der Waals surface area contributed by atoms with Gasteiger partial charge in [0.15, 0.2) is 5.60 Å². The fourth-order valence-corrected chi connectivity index (χ4v) is 0.388. The fraction of sp³-hybridized carbons (Fsp3) is 0.800. The fourth-order valence-electron chi connectivity index (χ4n) is 0.388. The lowest BCUT2D eigenvalue weighted by Crippen LogP contribution is -2.36. The van der Waals surface area contributed by atoms with Gasteiger partial charge in [-0.05, 0) is 19.9 Å². The van der Waals surface area contributed by atoms with Gasteiger partial charge in [-0.1, -0.05) is 0 Å². The third-order valence-electron chi connectivity index (χ3n) is 1.09. The van der Waals surface area contributed by atoms with Crippen LogP contribution < -0.4 is 5.73 Å². The van der Waals surface area contributed by atoms with E-state index in [-0.39, 0.29) is 13.0 Å². The summed E-state index contributed by atoms with van der Waals surface area (Å²) in [6, 6.07) is 0. The first-order chi connectivity index (χ1) is 4.00. The van der Waals surface area contributed by atoms with Gasteiger partial charge in [0.25, 0.3) is 0 Å². The number of rotatable bonds is 3. The van der Waals surface area contributed by atoms with Gasteiger partial charge in [-0.15, -0.1) is 0 Å². The largest absolute Gasteiger partial charge is 0.479 e. The summed E-state index contributed by atoms with van der Waals surface area (Å²) in [5.74, 6) is -1.23. The second-order valence-corrected chi connectivity index (χ2v) is 2.12. The summed E-state index contributed by atoms with van der Waals surface area (Å²) in [6.45, 7) is 1.40. The minimum Gasteiger partial charge on any atom is -0.479 e. The van der Waals surface area contributed by atoms with Gasteiger partial charge < -0.3 is 15.9 Å². The van der Waals surface area contributed by atoms with E-state index in [1.54, 1.807) is 0 Å². The molecule has 1 unspecified atom stereocenters. The van der Waals surface area contributed by atoms with Gasteiger partial charge in [0.1, 0.15) is 0 Å². The van der Waals surface area contributed by atoms with Crippen LogP contribution in [0.3, 0.4) is 0 Å². The van der Waals surface area contributed by atoms with Crippen LogP contribution in [0.25, 0.3) is 0 Å². The van der Waals surface area contributed by atoms with Crippen LogP contribution >= 0.6 is 0 Å². The van der Waals surface area contributed by atoms with Gasteiger partial charge in [-0.2, -0.15) is 0 Å². The molecular formula is C5H11NO3.